The third-order valence-corrected chi connectivity index (χ3v) is 6.28. The molecule has 0 spiro atoms. The van der Waals surface area contributed by atoms with Crippen molar-refractivity contribution in [1.29, 1.82) is 0 Å². The molecule has 4 aliphatic rings. The molecule has 3 atom stereocenters. The summed E-state index contributed by atoms with van der Waals surface area (Å²) in [6.07, 6.45) is 10.1. The van der Waals surface area contributed by atoms with Crippen molar-refractivity contribution in [2.45, 2.75) is 56.9 Å². The first-order valence-corrected chi connectivity index (χ1v) is 7.79. The number of nitrogens with two attached hydrogens (primary N) is 1. The van der Waals surface area contributed by atoms with E-state index >= 15 is 0 Å². The largest absolute Gasteiger partial charge is 0.327 e. The Kier molecular flexibility index (Phi) is 2.39. The zero-order valence-corrected chi connectivity index (χ0v) is 11.8. The molecule has 3 unspecified atom stereocenters. The molecule has 1 aromatic heterocycles. The van der Waals surface area contributed by atoms with Gasteiger partial charge in [-0.3, -0.25) is 4.98 Å². The van der Waals surface area contributed by atoms with E-state index in [0.29, 0.717) is 16.9 Å². The van der Waals surface area contributed by atoms with Crippen molar-refractivity contribution in [2.24, 2.45) is 23.0 Å². The van der Waals surface area contributed by atoms with Crippen LogP contribution in [0.5, 0.6) is 0 Å². The van der Waals surface area contributed by atoms with Gasteiger partial charge in [0.15, 0.2) is 0 Å². The van der Waals surface area contributed by atoms with Crippen molar-refractivity contribution in [1.82, 2.24) is 4.98 Å². The summed E-state index contributed by atoms with van der Waals surface area (Å²) in [5.41, 5.74) is 8.50. The lowest BCUT2D eigenvalue weighted by Gasteiger charge is -2.63. The predicted octanol–water partition coefficient (Wildman–Crippen LogP) is 3.27. The van der Waals surface area contributed by atoms with Crippen molar-refractivity contribution >= 4 is 0 Å². The summed E-state index contributed by atoms with van der Waals surface area (Å²) in [6, 6.07) is 6.77. The highest BCUT2D eigenvalue weighted by Crippen LogP contribution is 2.66. The standard InChI is InChI=1S/C17H24N2/c1-12(18)16-7-13-6-14(8-16)10-17(9-13,11-16)15-4-2-3-5-19-15/h2-5,12-14H,6-11,18H2,1H3. The molecule has 102 valence electrons. The fraction of sp³-hybridized carbons (Fsp3) is 0.706. The maximum atomic E-state index is 6.41. The molecule has 0 radical (unpaired) electrons. The number of rotatable bonds is 2. The quantitative estimate of drug-likeness (QED) is 0.882. The second-order valence-electron chi connectivity index (χ2n) is 7.61. The molecule has 4 bridgehead atoms. The van der Waals surface area contributed by atoms with Crippen LogP contribution < -0.4 is 5.73 Å². The van der Waals surface area contributed by atoms with Crippen LogP contribution in [0.25, 0.3) is 0 Å². The van der Waals surface area contributed by atoms with E-state index in [1.807, 2.05) is 12.3 Å². The maximum absolute atomic E-state index is 6.41. The molecule has 5 rings (SSSR count). The van der Waals surface area contributed by atoms with Crippen LogP contribution in [0.2, 0.25) is 0 Å². The topological polar surface area (TPSA) is 38.9 Å². The minimum absolute atomic E-state index is 0.335. The number of pyridine rings is 1. The highest BCUT2D eigenvalue weighted by Gasteiger charge is 2.59. The minimum atomic E-state index is 0.335. The zero-order valence-electron chi connectivity index (χ0n) is 11.8. The van der Waals surface area contributed by atoms with Gasteiger partial charge in [-0.1, -0.05) is 6.07 Å². The second-order valence-corrected chi connectivity index (χ2v) is 7.61. The van der Waals surface area contributed by atoms with Crippen LogP contribution in [0, 0.1) is 17.3 Å². The zero-order chi connectivity index (χ0) is 13.1. The number of hydrogen-bond donors (Lipinski definition) is 1. The van der Waals surface area contributed by atoms with Crippen LogP contribution in [0.15, 0.2) is 24.4 Å². The first kappa shape index (κ1) is 11.9. The Balaban J connectivity index is 1.78. The van der Waals surface area contributed by atoms with Gasteiger partial charge < -0.3 is 5.73 Å². The minimum Gasteiger partial charge on any atom is -0.327 e. The molecule has 2 heteroatoms. The molecular weight excluding hydrogens is 232 g/mol. The van der Waals surface area contributed by atoms with E-state index in [1.165, 1.54) is 44.2 Å². The molecule has 4 fully saturated rings. The van der Waals surface area contributed by atoms with Crippen LogP contribution in [-0.2, 0) is 5.41 Å². The van der Waals surface area contributed by atoms with E-state index in [9.17, 15) is 0 Å². The normalized spacial score (nSPS) is 45.4. The highest BCUT2D eigenvalue weighted by atomic mass is 14.8. The fourth-order valence-electron chi connectivity index (χ4n) is 5.84. The molecule has 4 saturated carbocycles. The van der Waals surface area contributed by atoms with Crippen molar-refractivity contribution < 1.29 is 0 Å². The molecule has 2 nitrogen and oxygen atoms in total. The van der Waals surface area contributed by atoms with E-state index in [4.69, 9.17) is 10.7 Å². The summed E-state index contributed by atoms with van der Waals surface area (Å²) in [5, 5.41) is 0. The van der Waals surface area contributed by atoms with E-state index in [1.54, 1.807) is 0 Å². The average Bonchev–Trinajstić information content (AvgIpc) is 2.38. The van der Waals surface area contributed by atoms with Gasteiger partial charge in [0.1, 0.15) is 0 Å². The van der Waals surface area contributed by atoms with Crippen LogP contribution in [0.1, 0.15) is 51.1 Å². The van der Waals surface area contributed by atoms with Gasteiger partial charge in [0.2, 0.25) is 0 Å². The van der Waals surface area contributed by atoms with Crippen molar-refractivity contribution in [3.8, 4) is 0 Å². The maximum Gasteiger partial charge on any atom is 0.0465 e. The summed E-state index contributed by atoms with van der Waals surface area (Å²) < 4.78 is 0. The van der Waals surface area contributed by atoms with Gasteiger partial charge in [0.25, 0.3) is 0 Å². The Morgan fingerprint density at radius 1 is 1.21 bits per heavy atom. The summed E-state index contributed by atoms with van der Waals surface area (Å²) in [7, 11) is 0. The number of aromatic nitrogens is 1. The van der Waals surface area contributed by atoms with Crippen molar-refractivity contribution in [3.63, 3.8) is 0 Å². The van der Waals surface area contributed by atoms with Crippen molar-refractivity contribution in [2.75, 3.05) is 0 Å². The lowest BCUT2D eigenvalue weighted by Crippen LogP contribution is -2.59. The summed E-state index contributed by atoms with van der Waals surface area (Å²) in [6.45, 7) is 2.24. The smallest absolute Gasteiger partial charge is 0.0465 e. The Hall–Kier alpha value is -0.890. The Morgan fingerprint density at radius 3 is 2.53 bits per heavy atom. The third-order valence-electron chi connectivity index (χ3n) is 6.28. The molecule has 0 aliphatic heterocycles. The molecular formula is C17H24N2. The van der Waals surface area contributed by atoms with Crippen LogP contribution in [-0.4, -0.2) is 11.0 Å². The van der Waals surface area contributed by atoms with E-state index < -0.39 is 0 Å². The number of nitrogens with zero attached hydrogens (tertiary/aromatic N) is 1. The van der Waals surface area contributed by atoms with Crippen LogP contribution >= 0.6 is 0 Å². The van der Waals surface area contributed by atoms with Gasteiger partial charge in [-0.15, -0.1) is 0 Å². The molecule has 1 heterocycles. The Morgan fingerprint density at radius 2 is 1.95 bits per heavy atom. The molecule has 1 aromatic rings. The first-order valence-electron chi connectivity index (χ1n) is 7.79. The third kappa shape index (κ3) is 1.62. The monoisotopic (exact) mass is 256 g/mol. The summed E-state index contributed by atoms with van der Waals surface area (Å²) in [5.74, 6) is 1.79. The molecule has 4 aliphatic carbocycles. The van der Waals surface area contributed by atoms with Gasteiger partial charge in [-0.05, 0) is 74.8 Å². The molecule has 19 heavy (non-hydrogen) atoms. The molecule has 0 saturated heterocycles. The fourth-order valence-corrected chi connectivity index (χ4v) is 5.84. The predicted molar refractivity (Wildman–Crippen MR) is 76.7 cm³/mol. The SMILES string of the molecule is CC(N)C12CC3CC(CC(c4ccccn4)(C3)C1)C2. The molecule has 2 N–H and O–H groups in total. The van der Waals surface area contributed by atoms with Gasteiger partial charge >= 0.3 is 0 Å². The van der Waals surface area contributed by atoms with Gasteiger partial charge in [0, 0.05) is 23.3 Å². The summed E-state index contributed by atoms with van der Waals surface area (Å²) >= 11 is 0. The Bertz CT molecular complexity index is 465. The van der Waals surface area contributed by atoms with Gasteiger partial charge in [-0.2, -0.15) is 0 Å². The van der Waals surface area contributed by atoms with E-state index in [2.05, 4.69) is 19.1 Å². The van der Waals surface area contributed by atoms with Gasteiger partial charge in [0.05, 0.1) is 0 Å². The number of hydrogen-bond acceptors (Lipinski definition) is 2. The van der Waals surface area contributed by atoms with Crippen molar-refractivity contribution in [3.05, 3.63) is 30.1 Å². The second kappa shape index (κ2) is 3.82. The van der Waals surface area contributed by atoms with E-state index in [0.717, 1.165) is 11.8 Å². The van der Waals surface area contributed by atoms with Crippen LogP contribution in [0.3, 0.4) is 0 Å². The lowest BCUT2D eigenvalue weighted by molar-refractivity contribution is -0.0835. The molecule has 0 aromatic carbocycles. The van der Waals surface area contributed by atoms with Gasteiger partial charge in [-0.25, -0.2) is 0 Å². The van der Waals surface area contributed by atoms with Crippen LogP contribution in [0.4, 0.5) is 0 Å². The van der Waals surface area contributed by atoms with E-state index in [-0.39, 0.29) is 0 Å². The Labute approximate surface area is 115 Å². The molecule has 0 amide bonds. The highest BCUT2D eigenvalue weighted by molar-refractivity contribution is 5.25. The summed E-state index contributed by atoms with van der Waals surface area (Å²) in [4.78, 5) is 4.72. The average molecular weight is 256 g/mol. The first-order chi connectivity index (χ1) is 9.12. The lowest BCUT2D eigenvalue weighted by atomic mass is 9.42.